The van der Waals surface area contributed by atoms with Gasteiger partial charge in [-0.2, -0.15) is 0 Å². The minimum absolute atomic E-state index is 0.0181. The molecule has 7 heteroatoms. The molecule has 2 rings (SSSR count). The zero-order valence-corrected chi connectivity index (χ0v) is 14.9. The summed E-state index contributed by atoms with van der Waals surface area (Å²) < 4.78 is 1.82. The van der Waals surface area contributed by atoms with E-state index in [2.05, 4.69) is 61.1 Å². The molecular weight excluding hydrogens is 394 g/mol. The average Bonchev–Trinajstić information content (AvgIpc) is 2.69. The van der Waals surface area contributed by atoms with Crippen molar-refractivity contribution in [3.63, 3.8) is 0 Å². The lowest BCUT2D eigenvalue weighted by molar-refractivity contribution is 0.0881. The molecule has 1 fully saturated rings. The van der Waals surface area contributed by atoms with Gasteiger partial charge in [0.2, 0.25) is 0 Å². The quantitative estimate of drug-likeness (QED) is 0.829. The first-order valence-electron chi connectivity index (χ1n) is 6.09. The summed E-state index contributed by atoms with van der Waals surface area (Å²) in [5.74, 6) is -0.0181. The van der Waals surface area contributed by atoms with Gasteiger partial charge < -0.3 is 10.2 Å². The Morgan fingerprint density at radius 2 is 2.21 bits per heavy atom. The first-order chi connectivity index (χ1) is 8.97. The molecule has 0 saturated carbocycles. The van der Waals surface area contributed by atoms with Crippen LogP contribution in [0.2, 0.25) is 0 Å². The van der Waals surface area contributed by atoms with E-state index >= 15 is 0 Å². The van der Waals surface area contributed by atoms with Gasteiger partial charge in [0, 0.05) is 32.2 Å². The van der Waals surface area contributed by atoms with Gasteiger partial charge in [0.05, 0.1) is 13.1 Å². The Kier molecular flexibility index (Phi) is 5.42. The molecule has 1 N–H and O–H groups in total. The van der Waals surface area contributed by atoms with Gasteiger partial charge in [-0.05, 0) is 52.0 Å². The number of nitrogens with one attached hydrogen (secondary N) is 1. The van der Waals surface area contributed by atoms with Crippen LogP contribution in [-0.2, 0) is 0 Å². The van der Waals surface area contributed by atoms with Crippen LogP contribution >= 0.6 is 43.2 Å². The van der Waals surface area contributed by atoms with Gasteiger partial charge in [-0.25, -0.2) is 0 Å². The minimum Gasteiger partial charge on any atom is -0.350 e. The number of nitrogens with zero attached hydrogens (tertiary/aromatic N) is 2. The van der Waals surface area contributed by atoms with Crippen molar-refractivity contribution in [3.05, 3.63) is 19.2 Å². The van der Waals surface area contributed by atoms with E-state index in [4.69, 9.17) is 0 Å². The maximum absolute atomic E-state index is 12.1. The van der Waals surface area contributed by atoms with Crippen LogP contribution in [0.25, 0.3) is 0 Å². The van der Waals surface area contributed by atoms with E-state index in [0.717, 1.165) is 27.2 Å². The zero-order chi connectivity index (χ0) is 14.0. The van der Waals surface area contributed by atoms with Crippen molar-refractivity contribution >= 4 is 49.1 Å². The number of hydrogen-bond acceptors (Lipinski definition) is 4. The predicted octanol–water partition coefficient (Wildman–Crippen LogP) is 2.25. The van der Waals surface area contributed by atoms with E-state index in [1.54, 1.807) is 0 Å². The second kappa shape index (κ2) is 6.67. The maximum Gasteiger partial charge on any atom is 0.253 e. The molecule has 1 aromatic rings. The van der Waals surface area contributed by atoms with Gasteiger partial charge in [0.1, 0.15) is 0 Å². The van der Waals surface area contributed by atoms with Gasteiger partial charge in [-0.3, -0.25) is 9.69 Å². The van der Waals surface area contributed by atoms with Crippen LogP contribution in [-0.4, -0.2) is 62.0 Å². The molecule has 1 saturated heterocycles. The standard InChI is InChI=1S/C12H17Br2N3OS/c1-16-3-4-17(2)8(7-16)6-15-12(18)9-5-10(13)19-11(9)14/h5,8H,3-4,6-7H2,1-2H3,(H,15,18). The molecule has 0 aromatic carbocycles. The van der Waals surface area contributed by atoms with Crippen LogP contribution < -0.4 is 5.32 Å². The van der Waals surface area contributed by atoms with Gasteiger partial charge >= 0.3 is 0 Å². The van der Waals surface area contributed by atoms with Crippen LogP contribution in [0, 0.1) is 0 Å². The Hall–Kier alpha value is 0.0500. The number of hydrogen-bond donors (Lipinski definition) is 1. The van der Waals surface area contributed by atoms with Crippen LogP contribution in [0.15, 0.2) is 13.6 Å². The highest BCUT2D eigenvalue weighted by Crippen LogP contribution is 2.31. The van der Waals surface area contributed by atoms with E-state index in [9.17, 15) is 4.79 Å². The number of carbonyl (C=O) groups is 1. The Morgan fingerprint density at radius 1 is 1.47 bits per heavy atom. The number of amides is 1. The summed E-state index contributed by atoms with van der Waals surface area (Å²) in [4.78, 5) is 16.7. The molecule has 0 spiro atoms. The zero-order valence-electron chi connectivity index (χ0n) is 10.9. The smallest absolute Gasteiger partial charge is 0.253 e. The van der Waals surface area contributed by atoms with E-state index in [1.807, 2.05) is 6.07 Å². The van der Waals surface area contributed by atoms with Crippen molar-refractivity contribution < 1.29 is 4.79 Å². The number of rotatable bonds is 3. The summed E-state index contributed by atoms with van der Waals surface area (Å²) in [7, 11) is 4.23. The molecule has 1 aromatic heterocycles. The van der Waals surface area contributed by atoms with Crippen molar-refractivity contribution in [2.24, 2.45) is 0 Å². The lowest BCUT2D eigenvalue weighted by atomic mass is 10.2. The van der Waals surface area contributed by atoms with Gasteiger partial charge in [0.15, 0.2) is 0 Å². The maximum atomic E-state index is 12.1. The van der Waals surface area contributed by atoms with Crippen molar-refractivity contribution in [2.75, 3.05) is 40.3 Å². The second-order valence-corrected chi connectivity index (χ2v) is 8.59. The Balaban J connectivity index is 1.91. The minimum atomic E-state index is -0.0181. The Morgan fingerprint density at radius 3 is 2.84 bits per heavy atom. The normalized spacial score (nSPS) is 21.6. The van der Waals surface area contributed by atoms with Crippen LogP contribution in [0.5, 0.6) is 0 Å². The highest BCUT2D eigenvalue weighted by atomic mass is 79.9. The third-order valence-electron chi connectivity index (χ3n) is 3.38. The fraction of sp³-hybridized carbons (Fsp3) is 0.583. The summed E-state index contributed by atoms with van der Waals surface area (Å²) in [6.45, 7) is 3.81. The van der Waals surface area contributed by atoms with Gasteiger partial charge in [-0.1, -0.05) is 0 Å². The molecule has 1 unspecified atom stereocenters. The lowest BCUT2D eigenvalue weighted by Gasteiger charge is -2.37. The topological polar surface area (TPSA) is 35.6 Å². The van der Waals surface area contributed by atoms with Crippen LogP contribution in [0.4, 0.5) is 0 Å². The molecule has 1 atom stereocenters. The lowest BCUT2D eigenvalue weighted by Crippen LogP contribution is -2.54. The summed E-state index contributed by atoms with van der Waals surface area (Å²) in [5.41, 5.74) is 0.698. The molecular formula is C12H17Br2N3OS. The molecule has 1 aliphatic rings. The number of carbonyl (C=O) groups excluding carboxylic acids is 1. The highest BCUT2D eigenvalue weighted by molar-refractivity contribution is 9.12. The van der Waals surface area contributed by atoms with Gasteiger partial charge in [-0.15, -0.1) is 11.3 Å². The van der Waals surface area contributed by atoms with Crippen molar-refractivity contribution in [1.29, 1.82) is 0 Å². The van der Waals surface area contributed by atoms with Crippen molar-refractivity contribution in [3.8, 4) is 0 Å². The average molecular weight is 411 g/mol. The summed E-state index contributed by atoms with van der Waals surface area (Å²) >= 11 is 8.32. The molecule has 106 valence electrons. The third kappa shape index (κ3) is 4.01. The summed E-state index contributed by atoms with van der Waals surface area (Å²) in [5, 5.41) is 3.02. The molecule has 4 nitrogen and oxygen atoms in total. The number of likely N-dealkylation sites (N-methyl/N-ethyl adjacent to an activating group) is 2. The van der Waals surface area contributed by atoms with Crippen molar-refractivity contribution in [1.82, 2.24) is 15.1 Å². The number of thiophene rings is 1. The molecule has 0 aliphatic carbocycles. The fourth-order valence-corrected chi connectivity index (χ4v) is 4.92. The summed E-state index contributed by atoms with van der Waals surface area (Å²) in [6, 6.07) is 2.23. The fourth-order valence-electron chi connectivity index (χ4n) is 2.12. The molecule has 1 amide bonds. The monoisotopic (exact) mass is 409 g/mol. The SMILES string of the molecule is CN1CCN(C)C(CNC(=O)c2cc(Br)sc2Br)C1. The molecule has 2 heterocycles. The first-order valence-corrected chi connectivity index (χ1v) is 8.49. The molecule has 19 heavy (non-hydrogen) atoms. The van der Waals surface area contributed by atoms with Gasteiger partial charge in [0.25, 0.3) is 5.91 Å². The first kappa shape index (κ1) is 15.4. The highest BCUT2D eigenvalue weighted by Gasteiger charge is 2.23. The second-order valence-electron chi connectivity index (χ2n) is 4.84. The van der Waals surface area contributed by atoms with Crippen LogP contribution in [0.1, 0.15) is 10.4 Å². The predicted molar refractivity (Wildman–Crippen MR) is 86.0 cm³/mol. The summed E-state index contributed by atoms with van der Waals surface area (Å²) in [6.07, 6.45) is 0. The van der Waals surface area contributed by atoms with E-state index < -0.39 is 0 Å². The molecule has 0 radical (unpaired) electrons. The number of piperazine rings is 1. The number of halogens is 2. The largest absolute Gasteiger partial charge is 0.350 e. The molecule has 0 bridgehead atoms. The Labute approximate surface area is 134 Å². The Bertz CT molecular complexity index is 466. The third-order valence-corrected chi connectivity index (χ3v) is 5.72. The van der Waals surface area contributed by atoms with Crippen LogP contribution in [0.3, 0.4) is 0 Å². The van der Waals surface area contributed by atoms with E-state index in [0.29, 0.717) is 18.2 Å². The van der Waals surface area contributed by atoms with E-state index in [-0.39, 0.29) is 5.91 Å². The molecule has 1 aliphatic heterocycles. The van der Waals surface area contributed by atoms with Crippen molar-refractivity contribution in [2.45, 2.75) is 6.04 Å². The van der Waals surface area contributed by atoms with E-state index in [1.165, 1.54) is 11.3 Å².